The molecular weight excluding hydrogens is 463 g/mol. The van der Waals surface area contributed by atoms with Gasteiger partial charge in [-0.25, -0.2) is 14.2 Å². The summed E-state index contributed by atoms with van der Waals surface area (Å²) in [6, 6.07) is 10.4. The fraction of sp³-hybridized carbons (Fsp3) is 0.360. The van der Waals surface area contributed by atoms with Crippen molar-refractivity contribution < 1.29 is 8.81 Å². The Kier molecular flexibility index (Phi) is 5.56. The fourth-order valence-electron chi connectivity index (χ4n) is 5.17. The molecule has 186 valence electrons. The number of aryl methyl sites for hydroxylation is 1. The second-order valence-corrected chi connectivity index (χ2v) is 9.14. The van der Waals surface area contributed by atoms with Gasteiger partial charge in [0.05, 0.1) is 6.26 Å². The van der Waals surface area contributed by atoms with E-state index >= 15 is 0 Å². The molecule has 5 heterocycles. The van der Waals surface area contributed by atoms with Gasteiger partial charge in [-0.1, -0.05) is 12.1 Å². The highest BCUT2D eigenvalue weighted by Crippen LogP contribution is 2.28. The SMILES string of the molecule is CCn1c(=O)n(CCN2CCC(c3ccc(F)cc3)CC2)c2nc(N)n3nc(-c4ccco4)nc3c21. The van der Waals surface area contributed by atoms with Crippen molar-refractivity contribution in [3.8, 4) is 11.6 Å². The maximum Gasteiger partial charge on any atom is 0.330 e. The molecule has 5 aromatic rings. The molecule has 0 aliphatic carbocycles. The molecule has 0 unspecified atom stereocenters. The average molecular weight is 491 g/mol. The molecule has 0 spiro atoms. The molecule has 2 N–H and O–H groups in total. The first kappa shape index (κ1) is 22.5. The lowest BCUT2D eigenvalue weighted by molar-refractivity contribution is 0.205. The highest BCUT2D eigenvalue weighted by atomic mass is 19.1. The minimum atomic E-state index is -0.206. The average Bonchev–Trinajstić information content (AvgIpc) is 3.62. The standard InChI is InChI=1S/C25H27FN8O2/c1-2-32-20-22(29-24(27)34-23(20)28-21(30-34)19-4-3-15-36-19)33(25(32)35)14-13-31-11-9-17(10-12-31)16-5-7-18(26)8-6-16/h3-8,15,17H,2,9-14H2,1H3,(H2,27,29). The predicted octanol–water partition coefficient (Wildman–Crippen LogP) is 3.12. The van der Waals surface area contributed by atoms with Crippen molar-refractivity contribution in [2.75, 3.05) is 25.4 Å². The molecule has 1 saturated heterocycles. The summed E-state index contributed by atoms with van der Waals surface area (Å²) in [4.78, 5) is 24.9. The van der Waals surface area contributed by atoms with E-state index in [1.165, 1.54) is 22.2 Å². The number of aromatic nitrogens is 6. The van der Waals surface area contributed by atoms with Gasteiger partial charge in [0.2, 0.25) is 11.8 Å². The van der Waals surface area contributed by atoms with Gasteiger partial charge in [-0.2, -0.15) is 9.50 Å². The van der Waals surface area contributed by atoms with E-state index in [4.69, 9.17) is 10.2 Å². The monoisotopic (exact) mass is 490 g/mol. The number of likely N-dealkylation sites (tertiary alicyclic amines) is 1. The minimum absolute atomic E-state index is 0.142. The van der Waals surface area contributed by atoms with Crippen molar-refractivity contribution in [2.45, 2.75) is 38.8 Å². The van der Waals surface area contributed by atoms with E-state index in [1.54, 1.807) is 27.5 Å². The van der Waals surface area contributed by atoms with E-state index in [1.807, 2.05) is 19.1 Å². The molecule has 1 fully saturated rings. The van der Waals surface area contributed by atoms with Crippen LogP contribution >= 0.6 is 0 Å². The maximum atomic E-state index is 13.4. The molecule has 0 bridgehead atoms. The third-order valence-corrected chi connectivity index (χ3v) is 7.08. The van der Waals surface area contributed by atoms with E-state index < -0.39 is 0 Å². The molecule has 1 aliphatic heterocycles. The second kappa shape index (κ2) is 8.90. The van der Waals surface area contributed by atoms with E-state index in [2.05, 4.69) is 20.0 Å². The van der Waals surface area contributed by atoms with Crippen molar-refractivity contribution in [3.63, 3.8) is 0 Å². The number of fused-ring (bicyclic) bond motifs is 3. The molecule has 36 heavy (non-hydrogen) atoms. The molecule has 10 nitrogen and oxygen atoms in total. The van der Waals surface area contributed by atoms with Gasteiger partial charge in [0, 0.05) is 19.6 Å². The van der Waals surface area contributed by atoms with Crippen LogP contribution in [0.15, 0.2) is 51.9 Å². The normalized spacial score (nSPS) is 15.4. The number of anilines is 1. The summed E-state index contributed by atoms with van der Waals surface area (Å²) in [6.45, 7) is 5.43. The first-order chi connectivity index (χ1) is 17.5. The number of hydrogen-bond donors (Lipinski definition) is 1. The number of halogens is 1. The van der Waals surface area contributed by atoms with E-state index in [9.17, 15) is 9.18 Å². The lowest BCUT2D eigenvalue weighted by Crippen LogP contribution is -2.37. The zero-order valence-electron chi connectivity index (χ0n) is 20.0. The van der Waals surface area contributed by atoms with Crippen molar-refractivity contribution in [1.82, 2.24) is 33.6 Å². The number of nitrogens with two attached hydrogens (primary N) is 1. The topological polar surface area (TPSA) is 112 Å². The van der Waals surface area contributed by atoms with Crippen LogP contribution in [-0.4, -0.2) is 53.3 Å². The Hall–Kier alpha value is -3.99. The Balaban J connectivity index is 1.27. The third kappa shape index (κ3) is 3.76. The van der Waals surface area contributed by atoms with Crippen LogP contribution in [0.2, 0.25) is 0 Å². The van der Waals surface area contributed by atoms with Crippen LogP contribution in [0.4, 0.5) is 10.3 Å². The van der Waals surface area contributed by atoms with Crippen LogP contribution in [-0.2, 0) is 13.1 Å². The molecule has 1 aromatic carbocycles. The lowest BCUT2D eigenvalue weighted by atomic mass is 9.89. The largest absolute Gasteiger partial charge is 0.461 e. The van der Waals surface area contributed by atoms with Gasteiger partial charge >= 0.3 is 5.69 Å². The van der Waals surface area contributed by atoms with Gasteiger partial charge in [-0.3, -0.25) is 9.13 Å². The van der Waals surface area contributed by atoms with Crippen molar-refractivity contribution in [1.29, 1.82) is 0 Å². The highest BCUT2D eigenvalue weighted by molar-refractivity contribution is 5.88. The number of nitrogens with zero attached hydrogens (tertiary/aromatic N) is 7. The third-order valence-electron chi connectivity index (χ3n) is 7.08. The highest BCUT2D eigenvalue weighted by Gasteiger charge is 2.24. The first-order valence-corrected chi connectivity index (χ1v) is 12.2. The number of benzene rings is 1. The molecule has 0 saturated carbocycles. The summed E-state index contributed by atoms with van der Waals surface area (Å²) in [5.74, 6) is 1.28. The zero-order chi connectivity index (χ0) is 24.8. The van der Waals surface area contributed by atoms with Crippen LogP contribution in [0.1, 0.15) is 31.2 Å². The van der Waals surface area contributed by atoms with Gasteiger partial charge < -0.3 is 15.1 Å². The molecule has 4 aromatic heterocycles. The molecule has 0 atom stereocenters. The van der Waals surface area contributed by atoms with Crippen LogP contribution in [0.3, 0.4) is 0 Å². The Morgan fingerprint density at radius 3 is 2.53 bits per heavy atom. The Bertz CT molecular complexity index is 1570. The van der Waals surface area contributed by atoms with E-state index in [0.717, 1.165) is 32.5 Å². The van der Waals surface area contributed by atoms with Gasteiger partial charge in [0.1, 0.15) is 11.3 Å². The zero-order valence-corrected chi connectivity index (χ0v) is 20.0. The number of piperidine rings is 1. The summed E-state index contributed by atoms with van der Waals surface area (Å²) in [5.41, 5.74) is 8.87. The number of nitrogen functional groups attached to an aromatic ring is 1. The van der Waals surface area contributed by atoms with Crippen LogP contribution < -0.4 is 11.4 Å². The quantitative estimate of drug-likeness (QED) is 0.389. The van der Waals surface area contributed by atoms with E-state index in [0.29, 0.717) is 47.4 Å². The summed E-state index contributed by atoms with van der Waals surface area (Å²) < 4.78 is 23.5. The van der Waals surface area contributed by atoms with Gasteiger partial charge in [0.25, 0.3) is 0 Å². The van der Waals surface area contributed by atoms with Gasteiger partial charge in [-0.15, -0.1) is 5.10 Å². The number of furan rings is 1. The Labute approximate surface area is 205 Å². The molecule has 11 heteroatoms. The molecule has 0 amide bonds. The Morgan fingerprint density at radius 2 is 1.83 bits per heavy atom. The fourth-order valence-corrected chi connectivity index (χ4v) is 5.17. The molecule has 1 aliphatic rings. The smallest absolute Gasteiger partial charge is 0.330 e. The molecule has 0 radical (unpaired) electrons. The number of imidazole rings is 1. The second-order valence-electron chi connectivity index (χ2n) is 9.14. The van der Waals surface area contributed by atoms with Crippen LogP contribution in [0.25, 0.3) is 28.4 Å². The van der Waals surface area contributed by atoms with Crippen molar-refractivity contribution in [3.05, 3.63) is 64.5 Å². The lowest BCUT2D eigenvalue weighted by Gasteiger charge is -2.32. The van der Waals surface area contributed by atoms with Crippen molar-refractivity contribution >= 4 is 22.8 Å². The maximum absolute atomic E-state index is 13.4. The minimum Gasteiger partial charge on any atom is -0.461 e. The summed E-state index contributed by atoms with van der Waals surface area (Å²) in [6.07, 6.45) is 3.55. The van der Waals surface area contributed by atoms with E-state index in [-0.39, 0.29) is 17.5 Å². The Morgan fingerprint density at radius 1 is 1.06 bits per heavy atom. The van der Waals surface area contributed by atoms with Gasteiger partial charge in [0.15, 0.2) is 17.1 Å². The van der Waals surface area contributed by atoms with Crippen LogP contribution in [0, 0.1) is 5.82 Å². The first-order valence-electron chi connectivity index (χ1n) is 12.2. The number of rotatable bonds is 6. The molecule has 6 rings (SSSR count). The van der Waals surface area contributed by atoms with Crippen LogP contribution in [0.5, 0.6) is 0 Å². The molecular formula is C25H27FN8O2. The predicted molar refractivity (Wildman–Crippen MR) is 133 cm³/mol. The number of hydrogen-bond acceptors (Lipinski definition) is 7. The summed E-state index contributed by atoms with van der Waals surface area (Å²) in [5, 5.41) is 4.45. The summed E-state index contributed by atoms with van der Waals surface area (Å²) >= 11 is 0. The van der Waals surface area contributed by atoms with Crippen molar-refractivity contribution in [2.24, 2.45) is 0 Å². The summed E-state index contributed by atoms with van der Waals surface area (Å²) in [7, 11) is 0. The van der Waals surface area contributed by atoms with Gasteiger partial charge in [-0.05, 0) is 68.6 Å².